The third-order valence-electron chi connectivity index (χ3n) is 2.15. The van der Waals surface area contributed by atoms with E-state index >= 15 is 0 Å². The molecule has 5 nitrogen and oxygen atoms in total. The van der Waals surface area contributed by atoms with E-state index < -0.39 is 0 Å². The molecular weight excluding hydrogens is 206 g/mol. The monoisotopic (exact) mass is 219 g/mol. The standard InChI is InChI=1S/C11H13N3O2/c1-8-13-14-11(16-8)7-12-6-9-4-2-3-5-10(9)15/h2-5,12,15H,6-7H2,1H3. The van der Waals surface area contributed by atoms with Gasteiger partial charge in [-0.25, -0.2) is 0 Å². The first-order valence-electron chi connectivity index (χ1n) is 5.02. The number of phenols is 1. The van der Waals surface area contributed by atoms with Crippen molar-refractivity contribution in [2.75, 3.05) is 0 Å². The van der Waals surface area contributed by atoms with Crippen LogP contribution in [-0.2, 0) is 13.1 Å². The molecule has 2 N–H and O–H groups in total. The normalized spacial score (nSPS) is 10.6. The van der Waals surface area contributed by atoms with Crippen molar-refractivity contribution in [1.29, 1.82) is 0 Å². The van der Waals surface area contributed by atoms with Crippen LogP contribution in [0.4, 0.5) is 0 Å². The summed E-state index contributed by atoms with van der Waals surface area (Å²) in [5, 5.41) is 20.2. The van der Waals surface area contributed by atoms with E-state index in [1.165, 1.54) is 0 Å². The van der Waals surface area contributed by atoms with Crippen molar-refractivity contribution >= 4 is 0 Å². The Morgan fingerprint density at radius 2 is 2.06 bits per heavy atom. The van der Waals surface area contributed by atoms with Gasteiger partial charge in [-0.3, -0.25) is 0 Å². The summed E-state index contributed by atoms with van der Waals surface area (Å²) in [7, 11) is 0. The van der Waals surface area contributed by atoms with Crippen LogP contribution < -0.4 is 5.32 Å². The lowest BCUT2D eigenvalue weighted by atomic mass is 10.2. The van der Waals surface area contributed by atoms with Crippen LogP contribution in [0.2, 0.25) is 0 Å². The minimum absolute atomic E-state index is 0.289. The van der Waals surface area contributed by atoms with Gasteiger partial charge in [0.25, 0.3) is 0 Å². The van der Waals surface area contributed by atoms with Crippen LogP contribution in [-0.4, -0.2) is 15.3 Å². The molecular formula is C11H13N3O2. The number of hydrogen-bond acceptors (Lipinski definition) is 5. The summed E-state index contributed by atoms with van der Waals surface area (Å²) < 4.78 is 5.20. The molecule has 0 aliphatic heterocycles. The Hall–Kier alpha value is -1.88. The maximum Gasteiger partial charge on any atom is 0.230 e. The second kappa shape index (κ2) is 4.76. The molecule has 5 heteroatoms. The van der Waals surface area contributed by atoms with Gasteiger partial charge in [0, 0.05) is 19.0 Å². The molecule has 16 heavy (non-hydrogen) atoms. The van der Waals surface area contributed by atoms with Crippen LogP contribution in [0.3, 0.4) is 0 Å². The molecule has 1 heterocycles. The SMILES string of the molecule is Cc1nnc(CNCc2ccccc2O)o1. The number of nitrogens with zero attached hydrogens (tertiary/aromatic N) is 2. The molecule has 0 bridgehead atoms. The van der Waals surface area contributed by atoms with Gasteiger partial charge in [0.15, 0.2) is 0 Å². The van der Waals surface area contributed by atoms with Crippen LogP contribution >= 0.6 is 0 Å². The first kappa shape index (κ1) is 10.6. The highest BCUT2D eigenvalue weighted by Gasteiger charge is 2.02. The number of aryl methyl sites for hydroxylation is 1. The molecule has 0 aliphatic carbocycles. The van der Waals surface area contributed by atoms with E-state index in [1.807, 2.05) is 12.1 Å². The molecule has 0 radical (unpaired) electrons. The molecule has 1 aromatic heterocycles. The van der Waals surface area contributed by atoms with Crippen molar-refractivity contribution in [3.05, 3.63) is 41.6 Å². The van der Waals surface area contributed by atoms with E-state index in [2.05, 4.69) is 15.5 Å². The predicted molar refractivity (Wildman–Crippen MR) is 57.7 cm³/mol. The van der Waals surface area contributed by atoms with Gasteiger partial charge in [-0.2, -0.15) is 0 Å². The molecule has 0 saturated heterocycles. The smallest absolute Gasteiger partial charge is 0.230 e. The Kier molecular flexibility index (Phi) is 3.16. The predicted octanol–water partition coefficient (Wildman–Crippen LogP) is 1.37. The van der Waals surface area contributed by atoms with Crippen LogP contribution in [0.25, 0.3) is 0 Å². The molecule has 0 fully saturated rings. The zero-order chi connectivity index (χ0) is 11.4. The highest BCUT2D eigenvalue weighted by Crippen LogP contribution is 2.14. The molecule has 0 saturated carbocycles. The molecule has 0 amide bonds. The molecule has 0 aliphatic rings. The molecule has 0 atom stereocenters. The van der Waals surface area contributed by atoms with Gasteiger partial charge < -0.3 is 14.8 Å². The second-order valence-electron chi connectivity index (χ2n) is 3.45. The van der Waals surface area contributed by atoms with Crippen LogP contribution in [0.1, 0.15) is 17.3 Å². The molecule has 2 aromatic rings. The van der Waals surface area contributed by atoms with Crippen molar-refractivity contribution < 1.29 is 9.52 Å². The van der Waals surface area contributed by atoms with Gasteiger partial charge in [0.2, 0.25) is 11.8 Å². The quantitative estimate of drug-likeness (QED) is 0.812. The van der Waals surface area contributed by atoms with E-state index in [4.69, 9.17) is 4.42 Å². The lowest BCUT2D eigenvalue weighted by Gasteiger charge is -2.04. The van der Waals surface area contributed by atoms with Crippen molar-refractivity contribution in [3.63, 3.8) is 0 Å². The van der Waals surface area contributed by atoms with E-state index in [9.17, 15) is 5.11 Å². The van der Waals surface area contributed by atoms with Gasteiger partial charge >= 0.3 is 0 Å². The van der Waals surface area contributed by atoms with Gasteiger partial charge in [-0.1, -0.05) is 18.2 Å². The number of phenolic OH excluding ortho intramolecular Hbond substituents is 1. The number of hydrogen-bond donors (Lipinski definition) is 2. The first-order chi connectivity index (χ1) is 7.75. The number of para-hydroxylation sites is 1. The summed E-state index contributed by atoms with van der Waals surface area (Å²) in [6.07, 6.45) is 0. The maximum absolute atomic E-state index is 9.52. The van der Waals surface area contributed by atoms with Crippen LogP contribution in [0.5, 0.6) is 5.75 Å². The summed E-state index contributed by atoms with van der Waals surface area (Å²) in [4.78, 5) is 0. The minimum atomic E-state index is 0.289. The van der Waals surface area contributed by atoms with E-state index in [0.29, 0.717) is 24.9 Å². The summed E-state index contributed by atoms with van der Waals surface area (Å²) in [6.45, 7) is 2.81. The van der Waals surface area contributed by atoms with Gasteiger partial charge in [-0.15, -0.1) is 10.2 Å². The topological polar surface area (TPSA) is 71.2 Å². The fourth-order valence-corrected chi connectivity index (χ4v) is 1.37. The van der Waals surface area contributed by atoms with E-state index in [-0.39, 0.29) is 5.75 Å². The maximum atomic E-state index is 9.52. The Morgan fingerprint density at radius 3 is 2.75 bits per heavy atom. The number of aromatic hydroxyl groups is 1. The number of benzene rings is 1. The molecule has 2 rings (SSSR count). The third-order valence-corrected chi connectivity index (χ3v) is 2.15. The Morgan fingerprint density at radius 1 is 1.25 bits per heavy atom. The fraction of sp³-hybridized carbons (Fsp3) is 0.273. The van der Waals surface area contributed by atoms with Crippen molar-refractivity contribution in [3.8, 4) is 5.75 Å². The van der Waals surface area contributed by atoms with Gasteiger partial charge in [0.1, 0.15) is 5.75 Å². The van der Waals surface area contributed by atoms with E-state index in [1.54, 1.807) is 19.1 Å². The molecule has 0 spiro atoms. The average molecular weight is 219 g/mol. The van der Waals surface area contributed by atoms with Crippen molar-refractivity contribution in [2.45, 2.75) is 20.0 Å². The van der Waals surface area contributed by atoms with Crippen molar-refractivity contribution in [1.82, 2.24) is 15.5 Å². The Bertz CT molecular complexity index is 468. The highest BCUT2D eigenvalue weighted by atomic mass is 16.4. The van der Waals surface area contributed by atoms with Crippen molar-refractivity contribution in [2.24, 2.45) is 0 Å². The molecule has 84 valence electrons. The zero-order valence-corrected chi connectivity index (χ0v) is 8.97. The lowest BCUT2D eigenvalue weighted by molar-refractivity contribution is 0.439. The lowest BCUT2D eigenvalue weighted by Crippen LogP contribution is -2.12. The summed E-state index contributed by atoms with van der Waals surface area (Å²) in [5.74, 6) is 1.39. The first-order valence-corrected chi connectivity index (χ1v) is 5.02. The third kappa shape index (κ3) is 2.58. The van der Waals surface area contributed by atoms with E-state index in [0.717, 1.165) is 5.56 Å². The number of aromatic nitrogens is 2. The van der Waals surface area contributed by atoms with Gasteiger partial charge in [-0.05, 0) is 6.07 Å². The fourth-order valence-electron chi connectivity index (χ4n) is 1.37. The average Bonchev–Trinajstić information content (AvgIpc) is 2.67. The minimum Gasteiger partial charge on any atom is -0.508 e. The number of nitrogens with one attached hydrogen (secondary N) is 1. The van der Waals surface area contributed by atoms with Crippen LogP contribution in [0, 0.1) is 6.92 Å². The van der Waals surface area contributed by atoms with Crippen LogP contribution in [0.15, 0.2) is 28.7 Å². The zero-order valence-electron chi connectivity index (χ0n) is 8.97. The Balaban J connectivity index is 1.87. The van der Waals surface area contributed by atoms with Gasteiger partial charge in [0.05, 0.1) is 6.54 Å². The summed E-state index contributed by atoms with van der Waals surface area (Å²) >= 11 is 0. The molecule has 0 unspecified atom stereocenters. The Labute approximate surface area is 93.1 Å². The molecule has 1 aromatic carbocycles. The summed E-state index contributed by atoms with van der Waals surface area (Å²) in [6, 6.07) is 7.20. The number of rotatable bonds is 4. The highest BCUT2D eigenvalue weighted by molar-refractivity contribution is 5.31. The summed E-state index contributed by atoms with van der Waals surface area (Å²) in [5.41, 5.74) is 0.846. The second-order valence-corrected chi connectivity index (χ2v) is 3.45. The largest absolute Gasteiger partial charge is 0.508 e.